The quantitative estimate of drug-likeness (QED) is 0.651. The topological polar surface area (TPSA) is 44.0 Å². The maximum absolute atomic E-state index is 9.00. The van der Waals surface area contributed by atoms with Crippen LogP contribution >= 0.6 is 11.6 Å². The molecule has 0 aliphatic carbocycles. The summed E-state index contributed by atoms with van der Waals surface area (Å²) in [6, 6.07) is 6.49. The second-order valence-corrected chi connectivity index (χ2v) is 2.35. The zero-order valence-corrected chi connectivity index (χ0v) is 6.47. The molecule has 1 N–H and O–H groups in total. The minimum atomic E-state index is 0.139. The van der Waals surface area contributed by atoms with Crippen LogP contribution in [0.25, 0.3) is 0 Å². The van der Waals surface area contributed by atoms with Crippen molar-refractivity contribution in [2.24, 2.45) is 0 Å². The van der Waals surface area contributed by atoms with E-state index in [-0.39, 0.29) is 11.6 Å². The lowest BCUT2D eigenvalue weighted by Gasteiger charge is -1.98. The largest absolute Gasteiger partial charge is 0.508 e. The smallest absolute Gasteiger partial charge is 0.115 e. The van der Waals surface area contributed by atoms with E-state index in [2.05, 4.69) is 0 Å². The summed E-state index contributed by atoms with van der Waals surface area (Å²) >= 11 is 5.52. The monoisotopic (exact) mass is 167 g/mol. The van der Waals surface area contributed by atoms with Gasteiger partial charge in [-0.2, -0.15) is 5.26 Å². The van der Waals surface area contributed by atoms with Crippen molar-refractivity contribution < 1.29 is 5.11 Å². The van der Waals surface area contributed by atoms with E-state index in [1.807, 2.05) is 6.07 Å². The van der Waals surface area contributed by atoms with Crippen LogP contribution in [0.3, 0.4) is 0 Å². The molecule has 1 aromatic rings. The molecular formula is C8H6ClNO. The van der Waals surface area contributed by atoms with Crippen LogP contribution in [0.1, 0.15) is 11.1 Å². The highest BCUT2D eigenvalue weighted by Gasteiger charge is 2.00. The zero-order chi connectivity index (χ0) is 8.27. The molecule has 0 saturated carbocycles. The second kappa shape index (κ2) is 3.27. The van der Waals surface area contributed by atoms with Gasteiger partial charge in [-0.1, -0.05) is 0 Å². The van der Waals surface area contributed by atoms with Crippen LogP contribution in [0.2, 0.25) is 0 Å². The summed E-state index contributed by atoms with van der Waals surface area (Å²) in [4.78, 5) is 0. The second-order valence-electron chi connectivity index (χ2n) is 2.09. The Balaban J connectivity index is 3.19. The van der Waals surface area contributed by atoms with E-state index in [9.17, 15) is 0 Å². The fraction of sp³-hybridized carbons (Fsp3) is 0.125. The molecule has 0 amide bonds. The van der Waals surface area contributed by atoms with Gasteiger partial charge in [-0.05, 0) is 23.8 Å². The number of nitriles is 1. The molecule has 0 aliphatic heterocycles. The molecule has 0 saturated heterocycles. The third-order valence-electron chi connectivity index (χ3n) is 1.35. The van der Waals surface area contributed by atoms with E-state index < -0.39 is 0 Å². The average Bonchev–Trinajstić information content (AvgIpc) is 2.04. The number of alkyl halides is 1. The van der Waals surface area contributed by atoms with E-state index in [4.69, 9.17) is 22.0 Å². The summed E-state index contributed by atoms with van der Waals surface area (Å²) < 4.78 is 0. The molecule has 0 aliphatic rings. The Bertz CT molecular complexity index is 303. The molecule has 1 rings (SSSR count). The molecule has 0 radical (unpaired) electrons. The van der Waals surface area contributed by atoms with Crippen molar-refractivity contribution in [2.75, 3.05) is 0 Å². The molecule has 2 nitrogen and oxygen atoms in total. The zero-order valence-electron chi connectivity index (χ0n) is 5.71. The number of nitrogens with zero attached hydrogens (tertiary/aromatic N) is 1. The molecule has 56 valence electrons. The van der Waals surface area contributed by atoms with Gasteiger partial charge in [0.05, 0.1) is 11.6 Å². The standard InChI is InChI=1S/C8H6ClNO/c9-4-7-3-8(11)2-1-6(7)5-10/h1-3,11H,4H2. The van der Waals surface area contributed by atoms with E-state index in [0.29, 0.717) is 11.1 Å². The highest BCUT2D eigenvalue weighted by Crippen LogP contribution is 2.17. The van der Waals surface area contributed by atoms with Gasteiger partial charge in [-0.3, -0.25) is 0 Å². The highest BCUT2D eigenvalue weighted by molar-refractivity contribution is 6.17. The van der Waals surface area contributed by atoms with Gasteiger partial charge in [-0.25, -0.2) is 0 Å². The van der Waals surface area contributed by atoms with Crippen molar-refractivity contribution in [2.45, 2.75) is 5.88 Å². The number of hydrogen-bond acceptors (Lipinski definition) is 2. The summed E-state index contributed by atoms with van der Waals surface area (Å²) in [7, 11) is 0. The summed E-state index contributed by atoms with van der Waals surface area (Å²) in [5.74, 6) is 0.386. The van der Waals surface area contributed by atoms with Gasteiger partial charge in [0, 0.05) is 5.88 Å². The van der Waals surface area contributed by atoms with Crippen LogP contribution in [0.5, 0.6) is 5.75 Å². The first kappa shape index (κ1) is 7.90. The van der Waals surface area contributed by atoms with Gasteiger partial charge in [0.15, 0.2) is 0 Å². The molecule has 1 aromatic carbocycles. The minimum Gasteiger partial charge on any atom is -0.508 e. The maximum atomic E-state index is 9.00. The normalized spacial score (nSPS) is 9.09. The third-order valence-corrected chi connectivity index (χ3v) is 1.64. The molecule has 0 spiro atoms. The molecule has 0 unspecified atom stereocenters. The van der Waals surface area contributed by atoms with E-state index in [1.165, 1.54) is 12.1 Å². The summed E-state index contributed by atoms with van der Waals surface area (Å²) in [5.41, 5.74) is 1.17. The molecule has 0 atom stereocenters. The SMILES string of the molecule is N#Cc1ccc(O)cc1CCl. The third kappa shape index (κ3) is 1.63. The number of hydrogen-bond donors (Lipinski definition) is 1. The lowest BCUT2D eigenvalue weighted by atomic mass is 10.1. The summed E-state index contributed by atoms with van der Waals surface area (Å²) in [6.07, 6.45) is 0. The van der Waals surface area contributed by atoms with Crippen LogP contribution < -0.4 is 0 Å². The lowest BCUT2D eigenvalue weighted by molar-refractivity contribution is 0.475. The number of phenolic OH excluding ortho intramolecular Hbond substituents is 1. The van der Waals surface area contributed by atoms with Crippen molar-refractivity contribution in [1.82, 2.24) is 0 Å². The molecule has 3 heteroatoms. The van der Waals surface area contributed by atoms with Gasteiger partial charge in [-0.15, -0.1) is 11.6 Å². The Hall–Kier alpha value is -1.20. The summed E-state index contributed by atoms with van der Waals surface area (Å²) in [5, 5.41) is 17.5. The first-order valence-corrected chi connectivity index (χ1v) is 3.59. The number of phenols is 1. The van der Waals surface area contributed by atoms with Crippen molar-refractivity contribution >= 4 is 11.6 Å². The van der Waals surface area contributed by atoms with Crippen LogP contribution in [-0.4, -0.2) is 5.11 Å². The van der Waals surface area contributed by atoms with Gasteiger partial charge in [0.1, 0.15) is 5.75 Å². The molecule has 11 heavy (non-hydrogen) atoms. The van der Waals surface area contributed by atoms with E-state index >= 15 is 0 Å². The number of benzene rings is 1. The van der Waals surface area contributed by atoms with Gasteiger partial charge < -0.3 is 5.11 Å². The Morgan fingerprint density at radius 2 is 2.27 bits per heavy atom. The Kier molecular flexibility index (Phi) is 2.35. The van der Waals surface area contributed by atoms with E-state index in [1.54, 1.807) is 6.07 Å². The minimum absolute atomic E-state index is 0.139. The fourth-order valence-electron chi connectivity index (χ4n) is 0.800. The molecule has 0 heterocycles. The Morgan fingerprint density at radius 1 is 1.55 bits per heavy atom. The highest BCUT2D eigenvalue weighted by atomic mass is 35.5. The number of aromatic hydroxyl groups is 1. The van der Waals surface area contributed by atoms with Crippen LogP contribution in [0, 0.1) is 11.3 Å². The van der Waals surface area contributed by atoms with Crippen LogP contribution in [0.4, 0.5) is 0 Å². The average molecular weight is 168 g/mol. The van der Waals surface area contributed by atoms with E-state index in [0.717, 1.165) is 0 Å². The molecule has 0 bridgehead atoms. The predicted molar refractivity (Wildman–Crippen MR) is 42.4 cm³/mol. The van der Waals surface area contributed by atoms with Crippen molar-refractivity contribution in [3.63, 3.8) is 0 Å². The molecular weight excluding hydrogens is 162 g/mol. The lowest BCUT2D eigenvalue weighted by Crippen LogP contribution is -1.84. The van der Waals surface area contributed by atoms with Crippen molar-refractivity contribution in [3.8, 4) is 11.8 Å². The molecule has 0 aromatic heterocycles. The maximum Gasteiger partial charge on any atom is 0.115 e. The predicted octanol–water partition coefficient (Wildman–Crippen LogP) is 2.00. The first-order chi connectivity index (χ1) is 5.27. The fourth-order valence-corrected chi connectivity index (χ4v) is 1.02. The van der Waals surface area contributed by atoms with Gasteiger partial charge in [0.2, 0.25) is 0 Å². The van der Waals surface area contributed by atoms with Crippen LogP contribution in [-0.2, 0) is 5.88 Å². The van der Waals surface area contributed by atoms with Gasteiger partial charge in [0.25, 0.3) is 0 Å². The Labute approximate surface area is 69.7 Å². The number of halogens is 1. The van der Waals surface area contributed by atoms with Gasteiger partial charge >= 0.3 is 0 Å². The Morgan fingerprint density at radius 3 is 2.82 bits per heavy atom. The number of rotatable bonds is 1. The molecule has 0 fully saturated rings. The summed E-state index contributed by atoms with van der Waals surface area (Å²) in [6.45, 7) is 0. The van der Waals surface area contributed by atoms with Crippen molar-refractivity contribution in [1.29, 1.82) is 5.26 Å². The van der Waals surface area contributed by atoms with Crippen LogP contribution in [0.15, 0.2) is 18.2 Å². The van der Waals surface area contributed by atoms with Crippen molar-refractivity contribution in [3.05, 3.63) is 29.3 Å². The first-order valence-electron chi connectivity index (χ1n) is 3.06.